The maximum Gasteiger partial charge on any atom is 0.135 e. The number of aromatic amines is 2. The van der Waals surface area contributed by atoms with Gasteiger partial charge in [-0.1, -0.05) is 18.2 Å². The van der Waals surface area contributed by atoms with Crippen molar-refractivity contribution < 1.29 is 0 Å². The average molecular weight is 396 g/mol. The average Bonchev–Trinajstić information content (AvgIpc) is 3.51. The summed E-state index contributed by atoms with van der Waals surface area (Å²) in [5, 5.41) is 15.2. The maximum atomic E-state index is 4.87. The number of benzene rings is 1. The van der Waals surface area contributed by atoms with Gasteiger partial charge in [-0.05, 0) is 35.7 Å². The van der Waals surface area contributed by atoms with Crippen LogP contribution in [0.4, 0.5) is 0 Å². The van der Waals surface area contributed by atoms with Crippen molar-refractivity contribution in [3.05, 3.63) is 66.3 Å². The Morgan fingerprint density at radius 2 is 2.00 bits per heavy atom. The Hall–Kier alpha value is -3.71. The van der Waals surface area contributed by atoms with Crippen LogP contribution in [0.5, 0.6) is 0 Å². The van der Waals surface area contributed by atoms with E-state index in [1.165, 1.54) is 15.8 Å². The molecule has 0 aliphatic heterocycles. The third-order valence-electron chi connectivity index (χ3n) is 5.11. The van der Waals surface area contributed by atoms with Crippen LogP contribution in [0.1, 0.15) is 0 Å². The monoisotopic (exact) mass is 396 g/mol. The summed E-state index contributed by atoms with van der Waals surface area (Å²) in [5.74, 6) is 0. The fourth-order valence-electron chi connectivity index (χ4n) is 3.73. The van der Waals surface area contributed by atoms with Crippen molar-refractivity contribution in [1.82, 2.24) is 29.9 Å². The quantitative estimate of drug-likeness (QED) is 0.430. The smallest absolute Gasteiger partial charge is 0.135 e. The lowest BCUT2D eigenvalue weighted by molar-refractivity contribution is 0.768. The first-order valence-corrected chi connectivity index (χ1v) is 10.1. The first-order valence-electron chi connectivity index (χ1n) is 9.26. The fraction of sp³-hybridized carbons (Fsp3) is 0.0455. The van der Waals surface area contributed by atoms with Gasteiger partial charge in [0.15, 0.2) is 0 Å². The lowest BCUT2D eigenvalue weighted by Gasteiger charge is -1.98. The Kier molecular flexibility index (Phi) is 3.45. The molecule has 0 bridgehead atoms. The van der Waals surface area contributed by atoms with Gasteiger partial charge in [0.1, 0.15) is 11.2 Å². The highest BCUT2D eigenvalue weighted by Crippen LogP contribution is 2.35. The number of thiophene rings is 1. The molecule has 0 unspecified atom stereocenters. The molecule has 0 radical (unpaired) electrons. The SMILES string of the molecule is Cn1cc(-c2ccc3[nH]nc(-c4cc5c(-c6cccs6)cccc5[nH]4)c3n2)cn1. The van der Waals surface area contributed by atoms with Gasteiger partial charge in [-0.3, -0.25) is 9.78 Å². The Morgan fingerprint density at radius 3 is 2.83 bits per heavy atom. The van der Waals surface area contributed by atoms with Crippen LogP contribution in [0.3, 0.4) is 0 Å². The summed E-state index contributed by atoms with van der Waals surface area (Å²) >= 11 is 1.75. The summed E-state index contributed by atoms with van der Waals surface area (Å²) in [6.45, 7) is 0. The normalized spacial score (nSPS) is 11.6. The maximum absolute atomic E-state index is 4.87. The lowest BCUT2D eigenvalue weighted by atomic mass is 10.1. The van der Waals surface area contributed by atoms with Crippen molar-refractivity contribution in [1.29, 1.82) is 0 Å². The minimum Gasteiger partial charge on any atom is -0.353 e. The van der Waals surface area contributed by atoms with Gasteiger partial charge >= 0.3 is 0 Å². The highest BCUT2D eigenvalue weighted by Gasteiger charge is 2.15. The molecule has 6 aromatic rings. The van der Waals surface area contributed by atoms with Gasteiger partial charge in [-0.15, -0.1) is 11.3 Å². The molecule has 6 rings (SSSR count). The van der Waals surface area contributed by atoms with E-state index in [9.17, 15) is 0 Å². The zero-order valence-corrected chi connectivity index (χ0v) is 16.4. The number of nitrogens with one attached hydrogen (secondary N) is 2. The van der Waals surface area contributed by atoms with Crippen molar-refractivity contribution in [3.8, 4) is 33.1 Å². The summed E-state index contributed by atoms with van der Waals surface area (Å²) in [4.78, 5) is 9.65. The number of hydrogen-bond acceptors (Lipinski definition) is 4. The predicted octanol–water partition coefficient (Wildman–Crippen LogP) is 5.24. The molecule has 0 atom stereocenters. The van der Waals surface area contributed by atoms with Crippen molar-refractivity contribution in [3.63, 3.8) is 0 Å². The van der Waals surface area contributed by atoms with Gasteiger partial charge in [0.2, 0.25) is 0 Å². The second kappa shape index (κ2) is 6.15. The molecule has 140 valence electrons. The lowest BCUT2D eigenvalue weighted by Crippen LogP contribution is -1.86. The standard InChI is InChI=1S/C22H16N6S/c1-28-12-13(11-23-28)16-7-8-18-21(25-16)22(27-26-18)19-10-15-14(20-6-3-9-29-20)4-2-5-17(15)24-19/h2-12,24H,1H3,(H,26,27). The molecule has 0 saturated carbocycles. The van der Waals surface area contributed by atoms with E-state index in [0.717, 1.165) is 39.2 Å². The molecule has 0 amide bonds. The molecule has 29 heavy (non-hydrogen) atoms. The molecule has 2 N–H and O–H groups in total. The number of rotatable bonds is 3. The molecule has 0 saturated heterocycles. The molecule has 0 aliphatic carbocycles. The first kappa shape index (κ1) is 16.3. The third kappa shape index (κ3) is 2.59. The third-order valence-corrected chi connectivity index (χ3v) is 6.02. The first-order chi connectivity index (χ1) is 14.3. The van der Waals surface area contributed by atoms with Crippen LogP contribution in [-0.2, 0) is 7.05 Å². The molecule has 1 aromatic carbocycles. The molecule has 6 nitrogen and oxygen atoms in total. The van der Waals surface area contributed by atoms with E-state index in [1.807, 2.05) is 31.6 Å². The number of nitrogens with zero attached hydrogens (tertiary/aromatic N) is 4. The van der Waals surface area contributed by atoms with E-state index in [1.54, 1.807) is 16.0 Å². The van der Waals surface area contributed by atoms with Crippen LogP contribution in [0.2, 0.25) is 0 Å². The fourth-order valence-corrected chi connectivity index (χ4v) is 4.50. The van der Waals surface area contributed by atoms with Crippen LogP contribution in [0, 0.1) is 0 Å². The topological polar surface area (TPSA) is 75.2 Å². The Labute approximate surface area is 169 Å². The molecule has 0 spiro atoms. The van der Waals surface area contributed by atoms with E-state index < -0.39 is 0 Å². The zero-order chi connectivity index (χ0) is 19.4. The van der Waals surface area contributed by atoms with E-state index >= 15 is 0 Å². The Bertz CT molecular complexity index is 1470. The highest BCUT2D eigenvalue weighted by atomic mass is 32.1. The molecule has 5 aromatic heterocycles. The zero-order valence-electron chi connectivity index (χ0n) is 15.5. The minimum atomic E-state index is 0.819. The van der Waals surface area contributed by atoms with Crippen LogP contribution in [0.15, 0.2) is 66.3 Å². The van der Waals surface area contributed by atoms with E-state index in [-0.39, 0.29) is 0 Å². The van der Waals surface area contributed by atoms with E-state index in [0.29, 0.717) is 0 Å². The van der Waals surface area contributed by atoms with Gasteiger partial charge in [-0.2, -0.15) is 10.2 Å². The van der Waals surface area contributed by atoms with Crippen molar-refractivity contribution in [2.45, 2.75) is 0 Å². The summed E-state index contributed by atoms with van der Waals surface area (Å²) in [6.07, 6.45) is 3.79. The molecule has 7 heteroatoms. The Morgan fingerprint density at radius 1 is 1.03 bits per heavy atom. The number of H-pyrrole nitrogens is 2. The van der Waals surface area contributed by atoms with Crippen molar-refractivity contribution in [2.75, 3.05) is 0 Å². The van der Waals surface area contributed by atoms with Crippen LogP contribution >= 0.6 is 11.3 Å². The van der Waals surface area contributed by atoms with Gasteiger partial charge < -0.3 is 4.98 Å². The van der Waals surface area contributed by atoms with Crippen LogP contribution < -0.4 is 0 Å². The number of fused-ring (bicyclic) bond motifs is 2. The number of pyridine rings is 1. The molecular weight excluding hydrogens is 380 g/mol. The van der Waals surface area contributed by atoms with Crippen LogP contribution in [-0.4, -0.2) is 29.9 Å². The predicted molar refractivity (Wildman–Crippen MR) is 117 cm³/mol. The molecular formula is C22H16N6S. The largest absolute Gasteiger partial charge is 0.353 e. The Balaban J connectivity index is 1.53. The molecule has 0 fully saturated rings. The van der Waals surface area contributed by atoms with E-state index in [2.05, 4.69) is 62.1 Å². The van der Waals surface area contributed by atoms with Crippen molar-refractivity contribution in [2.24, 2.45) is 7.05 Å². The second-order valence-corrected chi connectivity index (χ2v) is 7.94. The molecule has 0 aliphatic rings. The number of aryl methyl sites for hydroxylation is 1. The van der Waals surface area contributed by atoms with E-state index in [4.69, 9.17) is 4.98 Å². The summed E-state index contributed by atoms with van der Waals surface area (Å²) < 4.78 is 1.78. The minimum absolute atomic E-state index is 0.819. The highest BCUT2D eigenvalue weighted by molar-refractivity contribution is 7.13. The summed E-state index contributed by atoms with van der Waals surface area (Å²) in [5.41, 5.74) is 7.70. The van der Waals surface area contributed by atoms with Gasteiger partial charge in [0.05, 0.1) is 23.1 Å². The summed E-state index contributed by atoms with van der Waals surface area (Å²) in [7, 11) is 1.90. The van der Waals surface area contributed by atoms with Crippen LogP contribution in [0.25, 0.3) is 55.0 Å². The van der Waals surface area contributed by atoms with Gasteiger partial charge in [0, 0.05) is 40.2 Å². The number of hydrogen-bond donors (Lipinski definition) is 2. The van der Waals surface area contributed by atoms with Gasteiger partial charge in [-0.25, -0.2) is 4.98 Å². The summed E-state index contributed by atoms with van der Waals surface area (Å²) in [6, 6.07) is 16.7. The number of aromatic nitrogens is 6. The molecule has 5 heterocycles. The van der Waals surface area contributed by atoms with Crippen molar-refractivity contribution >= 4 is 33.3 Å². The second-order valence-electron chi connectivity index (χ2n) is 6.99. The van der Waals surface area contributed by atoms with Gasteiger partial charge in [0.25, 0.3) is 0 Å².